The van der Waals surface area contributed by atoms with E-state index in [0.717, 1.165) is 0 Å². The molecule has 0 amide bonds. The average molecular weight is 251 g/mol. The maximum Gasteiger partial charge on any atom is 0.340 e. The lowest BCUT2D eigenvalue weighted by atomic mass is 10.1. The van der Waals surface area contributed by atoms with Crippen molar-refractivity contribution in [1.29, 1.82) is 0 Å². The molecular formula is C9H5Cl3O2. The summed E-state index contributed by atoms with van der Waals surface area (Å²) in [5, 5.41) is -1.45. The minimum atomic E-state index is -1.45. The van der Waals surface area contributed by atoms with Gasteiger partial charge in [0.05, 0.1) is 5.56 Å². The van der Waals surface area contributed by atoms with Crippen LogP contribution in [-0.2, 0) is 9.80 Å². The summed E-state index contributed by atoms with van der Waals surface area (Å²) in [6.07, 6.45) is 0. The molecule has 14 heavy (non-hydrogen) atoms. The highest BCUT2D eigenvalue weighted by Crippen LogP contribution is 2.45. The molecule has 74 valence electrons. The van der Waals surface area contributed by atoms with Crippen LogP contribution < -0.4 is 0 Å². The molecule has 0 spiro atoms. The van der Waals surface area contributed by atoms with Gasteiger partial charge in [-0.25, -0.2) is 4.79 Å². The summed E-state index contributed by atoms with van der Waals surface area (Å²) in [4.78, 5) is 10.4. The van der Waals surface area contributed by atoms with Crippen molar-refractivity contribution in [2.24, 2.45) is 0 Å². The van der Waals surface area contributed by atoms with Crippen molar-refractivity contribution in [3.8, 4) is 0 Å². The molecule has 1 aromatic carbocycles. The molecule has 0 aliphatic carbocycles. The molecule has 0 radical (unpaired) electrons. The fourth-order valence-electron chi connectivity index (χ4n) is 1.37. The van der Waals surface area contributed by atoms with Crippen molar-refractivity contribution in [3.05, 3.63) is 35.4 Å². The monoisotopic (exact) mass is 250 g/mol. The number of cyclic esters (lactones) is 1. The van der Waals surface area contributed by atoms with Crippen LogP contribution in [0.25, 0.3) is 0 Å². The number of carbonyl (C=O) groups is 1. The van der Waals surface area contributed by atoms with Gasteiger partial charge in [-0.15, -0.1) is 0 Å². The first-order chi connectivity index (χ1) is 6.55. The van der Waals surface area contributed by atoms with Crippen LogP contribution >= 0.6 is 34.8 Å². The van der Waals surface area contributed by atoms with Gasteiger partial charge in [-0.05, 0) is 6.07 Å². The number of esters is 1. The number of halogens is 3. The van der Waals surface area contributed by atoms with E-state index in [2.05, 4.69) is 0 Å². The number of hydrogen-bond donors (Lipinski definition) is 0. The molecule has 0 aromatic heterocycles. The summed E-state index contributed by atoms with van der Waals surface area (Å²) < 4.78 is 4.94. The highest BCUT2D eigenvalue weighted by atomic mass is 35.5. The lowest BCUT2D eigenvalue weighted by Crippen LogP contribution is -2.26. The molecule has 0 saturated heterocycles. The molecule has 0 saturated carbocycles. The van der Waals surface area contributed by atoms with Crippen molar-refractivity contribution < 1.29 is 9.53 Å². The van der Waals surface area contributed by atoms with Crippen molar-refractivity contribution in [2.45, 2.75) is 9.90 Å². The SMILES string of the molecule is O=C1OC(Cl)(C(Cl)Cl)c2ccccc21. The maximum atomic E-state index is 11.4. The van der Waals surface area contributed by atoms with E-state index in [1.54, 1.807) is 24.3 Å². The first kappa shape index (κ1) is 10.1. The van der Waals surface area contributed by atoms with E-state index in [9.17, 15) is 4.79 Å². The Balaban J connectivity index is 2.59. The van der Waals surface area contributed by atoms with E-state index in [4.69, 9.17) is 39.5 Å². The third-order valence-electron chi connectivity index (χ3n) is 2.04. The Labute approximate surface area is 95.7 Å². The quantitative estimate of drug-likeness (QED) is 0.566. The van der Waals surface area contributed by atoms with E-state index in [1.165, 1.54) is 0 Å². The van der Waals surface area contributed by atoms with Gasteiger partial charge in [0, 0.05) is 5.56 Å². The third-order valence-corrected chi connectivity index (χ3v) is 3.37. The van der Waals surface area contributed by atoms with Crippen molar-refractivity contribution in [1.82, 2.24) is 0 Å². The lowest BCUT2D eigenvalue weighted by Gasteiger charge is -2.21. The van der Waals surface area contributed by atoms with Crippen LogP contribution in [0.4, 0.5) is 0 Å². The minimum absolute atomic E-state index is 0.411. The zero-order valence-corrected chi connectivity index (χ0v) is 9.10. The first-order valence-electron chi connectivity index (χ1n) is 3.85. The summed E-state index contributed by atoms with van der Waals surface area (Å²) in [7, 11) is 0. The van der Waals surface area contributed by atoms with Gasteiger partial charge in [-0.1, -0.05) is 53.0 Å². The van der Waals surface area contributed by atoms with E-state index >= 15 is 0 Å². The molecule has 1 aliphatic rings. The van der Waals surface area contributed by atoms with Gasteiger partial charge in [-0.3, -0.25) is 0 Å². The van der Waals surface area contributed by atoms with Crippen LogP contribution in [0.3, 0.4) is 0 Å². The molecule has 1 aliphatic heterocycles. The van der Waals surface area contributed by atoms with E-state index in [0.29, 0.717) is 11.1 Å². The number of hydrogen-bond acceptors (Lipinski definition) is 2. The van der Waals surface area contributed by atoms with Gasteiger partial charge in [0.15, 0.2) is 4.84 Å². The molecule has 1 atom stereocenters. The fourth-order valence-corrected chi connectivity index (χ4v) is 1.92. The third kappa shape index (κ3) is 1.29. The molecular weight excluding hydrogens is 246 g/mol. The Kier molecular flexibility index (Phi) is 2.38. The number of rotatable bonds is 1. The largest absolute Gasteiger partial charge is 0.432 e. The Morgan fingerprint density at radius 1 is 1.29 bits per heavy atom. The lowest BCUT2D eigenvalue weighted by molar-refractivity contribution is 0.0301. The van der Waals surface area contributed by atoms with Crippen LogP contribution in [0.1, 0.15) is 15.9 Å². The number of carbonyl (C=O) groups excluding carboxylic acids is 1. The predicted molar refractivity (Wildman–Crippen MR) is 54.9 cm³/mol. The molecule has 0 bridgehead atoms. The van der Waals surface area contributed by atoms with Crippen LogP contribution in [-0.4, -0.2) is 10.8 Å². The van der Waals surface area contributed by atoms with E-state index in [1.807, 2.05) is 0 Å². The molecule has 2 rings (SSSR count). The smallest absolute Gasteiger partial charge is 0.340 e. The highest BCUT2D eigenvalue weighted by Gasteiger charge is 2.48. The van der Waals surface area contributed by atoms with Crippen molar-refractivity contribution in [2.75, 3.05) is 0 Å². The highest BCUT2D eigenvalue weighted by molar-refractivity contribution is 6.49. The summed E-state index contributed by atoms with van der Waals surface area (Å²) in [5.74, 6) is -0.498. The summed E-state index contributed by atoms with van der Waals surface area (Å²) in [6.45, 7) is 0. The van der Waals surface area contributed by atoms with Gasteiger partial charge in [-0.2, -0.15) is 0 Å². The molecule has 0 N–H and O–H groups in total. The fraction of sp³-hybridized carbons (Fsp3) is 0.222. The van der Waals surface area contributed by atoms with Gasteiger partial charge >= 0.3 is 5.97 Å². The van der Waals surface area contributed by atoms with Gasteiger partial charge in [0.1, 0.15) is 0 Å². The number of benzene rings is 1. The molecule has 1 aromatic rings. The van der Waals surface area contributed by atoms with Crippen molar-refractivity contribution >= 4 is 40.8 Å². The normalized spacial score (nSPS) is 25.0. The van der Waals surface area contributed by atoms with Crippen LogP contribution in [0.15, 0.2) is 24.3 Å². The molecule has 1 unspecified atom stereocenters. The van der Waals surface area contributed by atoms with Gasteiger partial charge < -0.3 is 4.74 Å². The number of fused-ring (bicyclic) bond motifs is 1. The second kappa shape index (κ2) is 3.30. The van der Waals surface area contributed by atoms with E-state index < -0.39 is 15.9 Å². The van der Waals surface area contributed by atoms with Crippen LogP contribution in [0, 0.1) is 0 Å². The Morgan fingerprint density at radius 2 is 1.93 bits per heavy atom. The first-order valence-corrected chi connectivity index (χ1v) is 5.10. The second-order valence-electron chi connectivity index (χ2n) is 2.88. The predicted octanol–water partition coefficient (Wildman–Crippen LogP) is 3.05. The number of alkyl halides is 3. The molecule has 1 heterocycles. The molecule has 2 nitrogen and oxygen atoms in total. The number of ether oxygens (including phenoxy) is 1. The summed E-state index contributed by atoms with van der Waals surface area (Å²) >= 11 is 17.4. The Morgan fingerprint density at radius 3 is 2.57 bits per heavy atom. The Hall–Kier alpha value is -0.440. The molecule has 5 heteroatoms. The second-order valence-corrected chi connectivity index (χ2v) is 4.54. The van der Waals surface area contributed by atoms with Gasteiger partial charge in [0.2, 0.25) is 5.06 Å². The van der Waals surface area contributed by atoms with Crippen LogP contribution in [0.5, 0.6) is 0 Å². The van der Waals surface area contributed by atoms with Gasteiger partial charge in [0.25, 0.3) is 0 Å². The zero-order chi connectivity index (χ0) is 10.3. The maximum absolute atomic E-state index is 11.4. The average Bonchev–Trinajstić information content (AvgIpc) is 2.42. The van der Waals surface area contributed by atoms with Crippen LogP contribution in [0.2, 0.25) is 0 Å². The summed E-state index contributed by atoms with van der Waals surface area (Å²) in [5.41, 5.74) is 0.926. The minimum Gasteiger partial charge on any atom is -0.432 e. The zero-order valence-electron chi connectivity index (χ0n) is 6.84. The summed E-state index contributed by atoms with van der Waals surface area (Å²) in [6, 6.07) is 6.76. The van der Waals surface area contributed by atoms with E-state index in [-0.39, 0.29) is 0 Å². The Bertz CT molecular complexity index is 391. The van der Waals surface area contributed by atoms with Crippen molar-refractivity contribution in [3.63, 3.8) is 0 Å². The topological polar surface area (TPSA) is 26.3 Å². The standard InChI is InChI=1S/C9H5Cl3O2/c10-8(11)9(12)6-4-2-1-3-5(6)7(13)14-9/h1-4,8H. The molecule has 0 fully saturated rings.